The molecular formula is C27H31N6+. The van der Waals surface area contributed by atoms with Gasteiger partial charge in [0.15, 0.2) is 0 Å². The number of unbranched alkanes of at least 4 members (excludes halogenated alkanes) is 5. The molecule has 0 amide bonds. The molecule has 0 fully saturated rings. The van der Waals surface area contributed by atoms with Crippen LogP contribution in [0.4, 0.5) is 11.4 Å². The summed E-state index contributed by atoms with van der Waals surface area (Å²) in [4.78, 5) is 2.81. The second-order valence-corrected chi connectivity index (χ2v) is 8.52. The number of nitrogen functional groups attached to an aromatic ring is 2. The summed E-state index contributed by atoms with van der Waals surface area (Å²) in [5.74, 6) is 0. The Labute approximate surface area is 194 Å². The number of azide groups is 1. The van der Waals surface area contributed by atoms with Crippen molar-refractivity contribution < 1.29 is 4.57 Å². The number of hydrogen-bond acceptors (Lipinski definition) is 3. The smallest absolute Gasteiger partial charge is 0.220 e. The molecule has 0 aliphatic rings. The number of nitrogens with zero attached hydrogens (tertiary/aromatic N) is 4. The molecule has 0 saturated heterocycles. The van der Waals surface area contributed by atoms with Crippen LogP contribution in [0, 0.1) is 0 Å². The third-order valence-electron chi connectivity index (χ3n) is 6.17. The van der Waals surface area contributed by atoms with Crippen molar-refractivity contribution >= 4 is 33.1 Å². The van der Waals surface area contributed by atoms with E-state index < -0.39 is 0 Å². The molecule has 6 heteroatoms. The van der Waals surface area contributed by atoms with Crippen molar-refractivity contribution in [2.75, 3.05) is 18.0 Å². The molecule has 3 aromatic carbocycles. The maximum atomic E-state index is 8.37. The van der Waals surface area contributed by atoms with Gasteiger partial charge in [-0.25, -0.2) is 0 Å². The van der Waals surface area contributed by atoms with Gasteiger partial charge in [-0.3, -0.25) is 0 Å². The minimum absolute atomic E-state index is 0.598. The summed E-state index contributed by atoms with van der Waals surface area (Å²) in [5, 5.41) is 7.15. The summed E-state index contributed by atoms with van der Waals surface area (Å²) in [6.45, 7) is 1.51. The molecule has 4 N–H and O–H groups in total. The lowest BCUT2D eigenvalue weighted by Gasteiger charge is -2.13. The number of benzene rings is 3. The predicted molar refractivity (Wildman–Crippen MR) is 138 cm³/mol. The second-order valence-electron chi connectivity index (χ2n) is 8.52. The van der Waals surface area contributed by atoms with Gasteiger partial charge in [0.1, 0.15) is 6.54 Å². The molecule has 6 nitrogen and oxygen atoms in total. The van der Waals surface area contributed by atoms with Crippen LogP contribution in [0.3, 0.4) is 0 Å². The molecule has 33 heavy (non-hydrogen) atoms. The molecule has 0 bridgehead atoms. The van der Waals surface area contributed by atoms with E-state index in [1.807, 2.05) is 18.2 Å². The molecule has 0 atom stereocenters. The topological polar surface area (TPSA) is 105 Å². The summed E-state index contributed by atoms with van der Waals surface area (Å²) >= 11 is 0. The Morgan fingerprint density at radius 3 is 2.15 bits per heavy atom. The van der Waals surface area contributed by atoms with Gasteiger partial charge in [-0.15, -0.1) is 0 Å². The van der Waals surface area contributed by atoms with Gasteiger partial charge < -0.3 is 11.5 Å². The fourth-order valence-corrected chi connectivity index (χ4v) is 4.60. The van der Waals surface area contributed by atoms with Crippen LogP contribution in [0.1, 0.15) is 38.5 Å². The molecule has 0 unspecified atom stereocenters. The lowest BCUT2D eigenvalue weighted by atomic mass is 9.98. The monoisotopic (exact) mass is 439 g/mol. The van der Waals surface area contributed by atoms with Crippen LogP contribution in [0.5, 0.6) is 0 Å². The molecule has 1 aromatic heterocycles. The fraction of sp³-hybridized carbons (Fsp3) is 0.296. The van der Waals surface area contributed by atoms with Crippen molar-refractivity contribution in [2.45, 2.75) is 45.1 Å². The van der Waals surface area contributed by atoms with E-state index in [4.69, 9.17) is 17.0 Å². The highest BCUT2D eigenvalue weighted by molar-refractivity contribution is 6.10. The van der Waals surface area contributed by atoms with Crippen molar-refractivity contribution in [3.8, 4) is 11.3 Å². The molecule has 4 rings (SSSR count). The number of anilines is 2. The van der Waals surface area contributed by atoms with Gasteiger partial charge >= 0.3 is 0 Å². The lowest BCUT2D eigenvalue weighted by Crippen LogP contribution is -2.37. The van der Waals surface area contributed by atoms with Crippen LogP contribution in [0.25, 0.3) is 43.4 Å². The average molecular weight is 440 g/mol. The first-order valence-electron chi connectivity index (χ1n) is 11.7. The maximum Gasteiger partial charge on any atom is 0.220 e. The van der Waals surface area contributed by atoms with Crippen molar-refractivity contribution in [3.63, 3.8) is 0 Å². The van der Waals surface area contributed by atoms with Gasteiger partial charge in [-0.1, -0.05) is 48.6 Å². The summed E-state index contributed by atoms with van der Waals surface area (Å²) in [6.07, 6.45) is 6.65. The number of fused-ring (bicyclic) bond motifs is 3. The molecular weight excluding hydrogens is 408 g/mol. The number of nitrogens with two attached hydrogens (primary N) is 2. The highest BCUT2D eigenvalue weighted by atomic mass is 15.1. The standard InChI is InChI=1S/C27H30N6/c28-21-12-14-23-24-15-13-22(29)19-26(24)33(17-9-4-2-1-3-8-16-31-32-30)27(25(23)18-21)20-10-6-5-7-11-20/h5-7,10-15,18-19,29H,1-4,8-9,16-17,28H2/p+1. The van der Waals surface area contributed by atoms with Crippen molar-refractivity contribution in [1.29, 1.82) is 0 Å². The largest absolute Gasteiger partial charge is 0.399 e. The highest BCUT2D eigenvalue weighted by Gasteiger charge is 2.23. The van der Waals surface area contributed by atoms with Gasteiger partial charge in [0.25, 0.3) is 0 Å². The summed E-state index contributed by atoms with van der Waals surface area (Å²) in [5.41, 5.74) is 25.9. The zero-order valence-corrected chi connectivity index (χ0v) is 19.0. The number of aromatic nitrogens is 1. The molecule has 0 aliphatic carbocycles. The number of hydrogen-bond donors (Lipinski definition) is 2. The van der Waals surface area contributed by atoms with Crippen LogP contribution < -0.4 is 16.0 Å². The average Bonchev–Trinajstić information content (AvgIpc) is 2.83. The van der Waals surface area contributed by atoms with E-state index >= 15 is 0 Å². The Hall–Kier alpha value is -3.76. The predicted octanol–water partition coefficient (Wildman–Crippen LogP) is 6.76. The van der Waals surface area contributed by atoms with E-state index in [-0.39, 0.29) is 0 Å². The van der Waals surface area contributed by atoms with Crippen molar-refractivity contribution in [2.24, 2.45) is 5.11 Å². The summed E-state index contributed by atoms with van der Waals surface area (Å²) in [7, 11) is 0. The zero-order chi connectivity index (χ0) is 23.0. The van der Waals surface area contributed by atoms with Crippen LogP contribution in [0.15, 0.2) is 71.8 Å². The van der Waals surface area contributed by atoms with Crippen LogP contribution >= 0.6 is 0 Å². The molecule has 0 aliphatic heterocycles. The van der Waals surface area contributed by atoms with Gasteiger partial charge in [-0.2, -0.15) is 4.57 Å². The second kappa shape index (κ2) is 10.7. The molecule has 0 saturated carbocycles. The Bertz CT molecular complexity index is 1290. The van der Waals surface area contributed by atoms with Crippen molar-refractivity contribution in [1.82, 2.24) is 0 Å². The minimum Gasteiger partial charge on any atom is -0.399 e. The van der Waals surface area contributed by atoms with Gasteiger partial charge in [0, 0.05) is 46.3 Å². The van der Waals surface area contributed by atoms with Gasteiger partial charge in [0.05, 0.1) is 10.8 Å². The van der Waals surface area contributed by atoms with E-state index in [1.54, 1.807) is 0 Å². The van der Waals surface area contributed by atoms with E-state index in [9.17, 15) is 0 Å². The summed E-state index contributed by atoms with van der Waals surface area (Å²) in [6, 6.07) is 22.9. The van der Waals surface area contributed by atoms with E-state index in [1.165, 1.54) is 34.9 Å². The van der Waals surface area contributed by atoms with E-state index in [2.05, 4.69) is 63.1 Å². The number of aryl methyl sites for hydroxylation is 1. The highest BCUT2D eigenvalue weighted by Crippen LogP contribution is 2.33. The Morgan fingerprint density at radius 1 is 0.727 bits per heavy atom. The lowest BCUT2D eigenvalue weighted by molar-refractivity contribution is -0.659. The molecule has 0 spiro atoms. The van der Waals surface area contributed by atoms with Gasteiger partial charge in [-0.05, 0) is 54.8 Å². The van der Waals surface area contributed by atoms with Gasteiger partial charge in [0.2, 0.25) is 11.2 Å². The third-order valence-corrected chi connectivity index (χ3v) is 6.17. The SMILES string of the molecule is [N-]=[N+]=NCCCCCCCC[n+]1c(-c2ccccc2)c2cc(N)ccc2c2ccc(N)cc21. The Morgan fingerprint density at radius 2 is 1.39 bits per heavy atom. The quantitative estimate of drug-likeness (QED) is 0.0541. The number of rotatable bonds is 10. The van der Waals surface area contributed by atoms with Crippen LogP contribution in [0.2, 0.25) is 0 Å². The summed E-state index contributed by atoms with van der Waals surface area (Å²) < 4.78 is 2.42. The Kier molecular flexibility index (Phi) is 7.28. The molecule has 0 radical (unpaired) electrons. The van der Waals surface area contributed by atoms with Crippen LogP contribution in [-0.4, -0.2) is 6.54 Å². The first-order chi connectivity index (χ1) is 16.2. The zero-order valence-electron chi connectivity index (χ0n) is 19.0. The van der Waals surface area contributed by atoms with Crippen molar-refractivity contribution in [3.05, 3.63) is 77.2 Å². The van der Waals surface area contributed by atoms with E-state index in [0.29, 0.717) is 6.54 Å². The molecule has 1 heterocycles. The molecule has 4 aromatic rings. The van der Waals surface area contributed by atoms with Crippen LogP contribution in [-0.2, 0) is 6.54 Å². The normalized spacial score (nSPS) is 11.0. The first kappa shape index (κ1) is 22.4. The first-order valence-corrected chi connectivity index (χ1v) is 11.7. The number of pyridine rings is 1. The fourth-order valence-electron chi connectivity index (χ4n) is 4.60. The van der Waals surface area contributed by atoms with E-state index in [0.717, 1.165) is 54.5 Å². The Balaban J connectivity index is 1.69. The minimum atomic E-state index is 0.598. The molecule has 168 valence electrons. The third kappa shape index (κ3) is 5.18. The maximum absolute atomic E-state index is 8.37.